The van der Waals surface area contributed by atoms with Gasteiger partial charge in [0.2, 0.25) is 0 Å². The molecule has 11 nitrogen and oxygen atoms in total. The smallest absolute Gasteiger partial charge is 0.308 e. The van der Waals surface area contributed by atoms with Crippen molar-refractivity contribution in [1.29, 1.82) is 0 Å². The molecule has 0 amide bonds. The molecule has 202 valence electrons. The van der Waals surface area contributed by atoms with Crippen molar-refractivity contribution in [1.82, 2.24) is 0 Å². The summed E-state index contributed by atoms with van der Waals surface area (Å²) in [6.07, 6.45) is 1.54. The number of esters is 4. The Hall–Kier alpha value is -2.69. The quantitative estimate of drug-likeness (QED) is 0.142. The maximum atomic E-state index is 11.8. The fourth-order valence-electron chi connectivity index (χ4n) is 2.79. The van der Waals surface area contributed by atoms with Crippen molar-refractivity contribution in [2.24, 2.45) is 11.8 Å². The van der Waals surface area contributed by atoms with Crippen LogP contribution in [0, 0.1) is 11.8 Å². The summed E-state index contributed by atoms with van der Waals surface area (Å²) in [6, 6.07) is 0. The van der Waals surface area contributed by atoms with Crippen molar-refractivity contribution < 1.29 is 53.1 Å². The Morgan fingerprint density at radius 2 is 1.03 bits per heavy atom. The maximum absolute atomic E-state index is 11.8. The third kappa shape index (κ3) is 21.6. The van der Waals surface area contributed by atoms with Crippen LogP contribution in [0.15, 0.2) is 0 Å². The van der Waals surface area contributed by atoms with Crippen LogP contribution in [0.4, 0.5) is 0 Å². The van der Waals surface area contributed by atoms with E-state index >= 15 is 0 Å². The summed E-state index contributed by atoms with van der Waals surface area (Å²) in [5, 5.41) is 17.8. The van der Waals surface area contributed by atoms with E-state index in [1.165, 1.54) is 6.92 Å². The van der Waals surface area contributed by atoms with E-state index in [9.17, 15) is 24.0 Å². The third-order valence-corrected chi connectivity index (χ3v) is 4.63. The first-order chi connectivity index (χ1) is 16.5. The van der Waals surface area contributed by atoms with Crippen molar-refractivity contribution in [3.63, 3.8) is 0 Å². The van der Waals surface area contributed by atoms with Gasteiger partial charge in [0.15, 0.2) is 0 Å². The molecule has 0 fully saturated rings. The summed E-state index contributed by atoms with van der Waals surface area (Å²) in [5.41, 5.74) is 0. The Labute approximate surface area is 206 Å². The zero-order valence-corrected chi connectivity index (χ0v) is 21.0. The third-order valence-electron chi connectivity index (χ3n) is 4.63. The number of aliphatic hydroxyl groups is 1. The Kier molecular flexibility index (Phi) is 18.1. The highest BCUT2D eigenvalue weighted by molar-refractivity contribution is 5.71. The van der Waals surface area contributed by atoms with Gasteiger partial charge in [-0.15, -0.1) is 0 Å². The van der Waals surface area contributed by atoms with Crippen LogP contribution in [-0.4, -0.2) is 72.6 Å². The van der Waals surface area contributed by atoms with Gasteiger partial charge >= 0.3 is 29.8 Å². The number of hydrogen-bond acceptors (Lipinski definition) is 10. The maximum Gasteiger partial charge on any atom is 0.308 e. The zero-order valence-electron chi connectivity index (χ0n) is 21.0. The molecular formula is C24H40O11. The molecule has 0 spiro atoms. The fourth-order valence-corrected chi connectivity index (χ4v) is 2.79. The van der Waals surface area contributed by atoms with Gasteiger partial charge in [0.1, 0.15) is 0 Å². The molecule has 0 aliphatic rings. The second kappa shape index (κ2) is 19.6. The molecule has 3 atom stereocenters. The minimum atomic E-state index is -0.937. The lowest BCUT2D eigenvalue weighted by Crippen LogP contribution is -2.19. The Morgan fingerprint density at radius 3 is 1.54 bits per heavy atom. The number of aliphatic carboxylic acids is 1. The first-order valence-corrected chi connectivity index (χ1v) is 12.0. The molecule has 2 N–H and O–H groups in total. The van der Waals surface area contributed by atoms with Gasteiger partial charge in [-0.2, -0.15) is 0 Å². The average molecular weight is 505 g/mol. The molecule has 0 bridgehead atoms. The van der Waals surface area contributed by atoms with Gasteiger partial charge in [0.05, 0.1) is 51.8 Å². The minimum Gasteiger partial charge on any atom is -0.481 e. The molecular weight excluding hydrogens is 464 g/mol. The van der Waals surface area contributed by atoms with E-state index in [0.717, 1.165) is 0 Å². The number of carbonyl (C=O) groups is 5. The first kappa shape index (κ1) is 32.3. The number of ether oxygens (including phenoxy) is 4. The first-order valence-electron chi connectivity index (χ1n) is 12.0. The number of rotatable bonds is 20. The van der Waals surface area contributed by atoms with Gasteiger partial charge < -0.3 is 29.2 Å². The van der Waals surface area contributed by atoms with Crippen molar-refractivity contribution in [2.45, 2.75) is 84.7 Å². The van der Waals surface area contributed by atoms with Gasteiger partial charge in [-0.25, -0.2) is 0 Å². The Morgan fingerprint density at radius 1 is 0.600 bits per heavy atom. The van der Waals surface area contributed by atoms with Crippen molar-refractivity contribution in [3.8, 4) is 0 Å². The summed E-state index contributed by atoms with van der Waals surface area (Å²) < 4.78 is 20.2. The van der Waals surface area contributed by atoms with Crippen LogP contribution in [0.25, 0.3) is 0 Å². The van der Waals surface area contributed by atoms with Crippen molar-refractivity contribution in [3.05, 3.63) is 0 Å². The van der Waals surface area contributed by atoms with Crippen LogP contribution in [0.2, 0.25) is 0 Å². The SMILES string of the molecule is CC(O)CC(=O)OCC(C)CC(=O)OCCCCC(=O)OCCCCC(=O)OCC(C)CC(=O)O. The van der Waals surface area contributed by atoms with Gasteiger partial charge in [-0.3, -0.25) is 24.0 Å². The normalized spacial score (nSPS) is 13.3. The predicted molar refractivity (Wildman–Crippen MR) is 123 cm³/mol. The lowest BCUT2D eigenvalue weighted by Gasteiger charge is -2.12. The van der Waals surface area contributed by atoms with Crippen LogP contribution >= 0.6 is 0 Å². The van der Waals surface area contributed by atoms with Crippen LogP contribution < -0.4 is 0 Å². The van der Waals surface area contributed by atoms with Crippen molar-refractivity contribution >= 4 is 29.8 Å². The molecule has 0 aliphatic carbocycles. The highest BCUT2D eigenvalue weighted by atomic mass is 16.5. The van der Waals surface area contributed by atoms with Gasteiger partial charge in [0, 0.05) is 24.7 Å². The molecule has 0 aromatic rings. The van der Waals surface area contributed by atoms with Crippen molar-refractivity contribution in [2.75, 3.05) is 26.4 Å². The van der Waals surface area contributed by atoms with E-state index in [-0.39, 0.29) is 76.3 Å². The summed E-state index contributed by atoms with van der Waals surface area (Å²) >= 11 is 0. The molecule has 0 radical (unpaired) electrons. The monoisotopic (exact) mass is 504 g/mol. The molecule has 0 aromatic carbocycles. The number of carbonyl (C=O) groups excluding carboxylic acids is 4. The minimum absolute atomic E-state index is 0.0598. The standard InChI is InChI=1S/C24H40O11/c1-17(12-20(26)27)15-34-22(29)9-5-6-10-32-21(28)8-4-7-11-33-23(30)13-18(2)16-35-24(31)14-19(3)25/h17-19,25H,4-16H2,1-3H3,(H,26,27). The second-order valence-corrected chi connectivity index (χ2v) is 8.79. The van der Waals surface area contributed by atoms with Gasteiger partial charge in [0.25, 0.3) is 0 Å². The largest absolute Gasteiger partial charge is 0.481 e. The molecule has 0 aliphatic heterocycles. The lowest BCUT2D eigenvalue weighted by molar-refractivity contribution is -0.151. The zero-order chi connectivity index (χ0) is 26.6. The summed E-state index contributed by atoms with van der Waals surface area (Å²) in [5.74, 6) is -3.10. The summed E-state index contributed by atoms with van der Waals surface area (Å²) in [7, 11) is 0. The van der Waals surface area contributed by atoms with Gasteiger partial charge in [-0.05, 0) is 32.6 Å². The number of carboxylic acid groups (broad SMARTS) is 1. The molecule has 0 heterocycles. The Balaban J connectivity index is 3.66. The van der Waals surface area contributed by atoms with Crippen LogP contribution in [-0.2, 0) is 42.9 Å². The van der Waals surface area contributed by atoms with E-state index in [4.69, 9.17) is 29.2 Å². The average Bonchev–Trinajstić information content (AvgIpc) is 2.75. The lowest BCUT2D eigenvalue weighted by atomic mass is 10.1. The summed E-state index contributed by atoms with van der Waals surface area (Å²) in [4.78, 5) is 57.0. The van der Waals surface area contributed by atoms with Crippen LogP contribution in [0.5, 0.6) is 0 Å². The molecule has 0 rings (SSSR count). The topological polar surface area (TPSA) is 163 Å². The molecule has 35 heavy (non-hydrogen) atoms. The van der Waals surface area contributed by atoms with Crippen LogP contribution in [0.3, 0.4) is 0 Å². The molecule has 11 heteroatoms. The fraction of sp³-hybridized carbons (Fsp3) is 0.792. The van der Waals surface area contributed by atoms with Gasteiger partial charge in [-0.1, -0.05) is 13.8 Å². The van der Waals surface area contributed by atoms with E-state index in [0.29, 0.717) is 25.7 Å². The van der Waals surface area contributed by atoms with E-state index in [1.807, 2.05) is 0 Å². The Bertz CT molecular complexity index is 660. The summed E-state index contributed by atoms with van der Waals surface area (Å²) in [6.45, 7) is 5.42. The highest BCUT2D eigenvalue weighted by Crippen LogP contribution is 2.08. The number of unbranched alkanes of at least 4 members (excludes halogenated alkanes) is 2. The highest BCUT2D eigenvalue weighted by Gasteiger charge is 2.14. The number of carboxylic acids is 1. The molecule has 0 aromatic heterocycles. The van der Waals surface area contributed by atoms with E-state index < -0.39 is 30.0 Å². The molecule has 0 saturated heterocycles. The molecule has 3 unspecified atom stereocenters. The van der Waals surface area contributed by atoms with Crippen LogP contribution in [0.1, 0.15) is 78.6 Å². The second-order valence-electron chi connectivity index (χ2n) is 8.79. The predicted octanol–water partition coefficient (Wildman–Crippen LogP) is 2.41. The number of aliphatic hydroxyl groups excluding tert-OH is 1. The van der Waals surface area contributed by atoms with E-state index in [2.05, 4.69) is 0 Å². The van der Waals surface area contributed by atoms with E-state index in [1.54, 1.807) is 13.8 Å². The number of hydrogen-bond donors (Lipinski definition) is 2. The molecule has 0 saturated carbocycles.